The predicted molar refractivity (Wildman–Crippen MR) is 222 cm³/mol. The van der Waals surface area contributed by atoms with Crippen molar-refractivity contribution in [1.82, 2.24) is 28.7 Å². The Kier molecular flexibility index (Phi) is 17.0. The van der Waals surface area contributed by atoms with Crippen LogP contribution in [0.1, 0.15) is 54.6 Å². The molecule has 0 saturated carbocycles. The van der Waals surface area contributed by atoms with E-state index in [2.05, 4.69) is 27.2 Å². The lowest BCUT2D eigenvalue weighted by Crippen LogP contribution is -2.34. The van der Waals surface area contributed by atoms with Gasteiger partial charge in [0.2, 0.25) is 0 Å². The van der Waals surface area contributed by atoms with E-state index < -0.39 is 138 Å². The standard InChI is InChI=1S/C30H42N6O21P4S4/c1-13-7-34(28(41)31-25(13)38)22-4-16(19(10-37)51-22)56-61(48,65)57-60(47,64)50-12-21-18(6-24(53-21)36-9-15(3)27(40)33-30(36)43)55-59(46,63)49-11-20-17(54-58(44,45)62)5-23(52-20)35-8-14(2)26(39)32-29(35)42/h7-9,16-24,37H,4-6,10-12H2,1-3H3,(H,46,63)(H,47,64)(H,48,65)(H,31,38,41)(H,32,39,42)(H,33,40,43)(H2,44,45,62)/p-5/t16-,17-,18-,19+,20+,21+,22+,23+,24+,59?,60?,61?/m0/s1. The Bertz CT molecular complexity index is 2380. The van der Waals surface area contributed by atoms with Crippen LogP contribution in [0.3, 0.4) is 0 Å². The summed E-state index contributed by atoms with van der Waals surface area (Å²) in [6.45, 7) is 1.95. The van der Waals surface area contributed by atoms with E-state index >= 15 is 0 Å². The van der Waals surface area contributed by atoms with Gasteiger partial charge in [0.25, 0.3) is 7.15 Å². The molecule has 3 aromatic heterocycles. The number of nitrogens with zero attached hydrogens (tertiary/aromatic N) is 6. The summed E-state index contributed by atoms with van der Waals surface area (Å²) in [7, 11) is -18.6. The fourth-order valence-corrected chi connectivity index (χ4v) is 13.9. The van der Waals surface area contributed by atoms with Gasteiger partial charge in [-0.1, -0.05) is 7.15 Å². The molecule has 3 aliphatic rings. The molecule has 3 aromatic rings. The third kappa shape index (κ3) is 13.7. The second-order valence-electron chi connectivity index (χ2n) is 14.5. The van der Waals surface area contributed by atoms with E-state index in [4.69, 9.17) is 77.9 Å². The monoisotopic (exact) mass is 1070 g/mol. The molecule has 0 bridgehead atoms. The minimum absolute atomic E-state index is 0.0427. The Hall–Kier alpha value is -1.44. The fourth-order valence-electron chi connectivity index (χ4n) is 6.73. The summed E-state index contributed by atoms with van der Waals surface area (Å²) in [4.78, 5) is 105. The second-order valence-corrected chi connectivity index (χ2v) is 25.5. The molecule has 65 heavy (non-hydrogen) atoms. The van der Waals surface area contributed by atoms with Gasteiger partial charge in [-0.2, -0.15) is 18.1 Å². The number of aliphatic hydroxyl groups excluding tert-OH is 1. The summed E-state index contributed by atoms with van der Waals surface area (Å²) in [5.41, 5.74) is -2.79. The maximum Gasteiger partial charge on any atom is 0.349 e. The molecule has 3 fully saturated rings. The number of rotatable bonds is 18. The van der Waals surface area contributed by atoms with Gasteiger partial charge in [0.05, 0.1) is 6.61 Å². The van der Waals surface area contributed by atoms with Crippen molar-refractivity contribution in [3.63, 3.8) is 0 Å². The van der Waals surface area contributed by atoms with E-state index in [0.717, 1.165) is 26.1 Å². The van der Waals surface area contributed by atoms with Crippen LogP contribution in [0.4, 0.5) is 0 Å². The lowest BCUT2D eigenvalue weighted by molar-refractivity contribution is -0.328. The molecule has 3 saturated heterocycles. The van der Waals surface area contributed by atoms with Gasteiger partial charge in [-0.25, -0.2) is 44.0 Å². The highest BCUT2D eigenvalue weighted by molar-refractivity contribution is 8.42. The third-order valence-corrected chi connectivity index (χ3v) is 16.5. The first-order valence-corrected chi connectivity index (χ1v) is 28.9. The highest BCUT2D eigenvalue weighted by Gasteiger charge is 2.51. The van der Waals surface area contributed by atoms with E-state index in [1.807, 2.05) is 0 Å². The van der Waals surface area contributed by atoms with Crippen LogP contribution in [0.5, 0.6) is 17.6 Å². The zero-order valence-electron chi connectivity index (χ0n) is 33.5. The first-order chi connectivity index (χ1) is 30.1. The van der Waals surface area contributed by atoms with E-state index in [1.165, 1.54) is 27.0 Å². The lowest BCUT2D eigenvalue weighted by atomic mass is 10.2. The molecule has 6 rings (SSSR count). The van der Waals surface area contributed by atoms with Crippen molar-refractivity contribution in [3.05, 3.63) is 66.7 Å². The van der Waals surface area contributed by atoms with Crippen molar-refractivity contribution in [1.29, 1.82) is 0 Å². The topological polar surface area (TPSA) is 384 Å². The third-order valence-electron chi connectivity index (χ3n) is 9.73. The van der Waals surface area contributed by atoms with Crippen LogP contribution in [-0.2, 0) is 90.1 Å². The minimum Gasteiger partial charge on any atom is -0.858 e. The van der Waals surface area contributed by atoms with Crippen molar-refractivity contribution < 1.29 is 86.0 Å². The van der Waals surface area contributed by atoms with Gasteiger partial charge in [-0.05, 0) is 59.4 Å². The fraction of sp³-hybridized carbons (Fsp3) is 0.600. The molecule has 0 amide bonds. The second kappa shape index (κ2) is 20.9. The van der Waals surface area contributed by atoms with Gasteiger partial charge in [-0.15, -0.1) is 0 Å². The summed E-state index contributed by atoms with van der Waals surface area (Å²) in [6.07, 6.45) is -9.11. The zero-order valence-corrected chi connectivity index (χ0v) is 40.3. The van der Waals surface area contributed by atoms with Gasteiger partial charge in [0.15, 0.2) is 0 Å². The molecule has 3 unspecified atom stereocenters. The van der Waals surface area contributed by atoms with Crippen molar-refractivity contribution in [2.24, 2.45) is 0 Å². The average Bonchev–Trinajstić information content (AvgIpc) is 3.89. The first-order valence-electron chi connectivity index (χ1n) is 18.6. The number of ether oxygens (including phenoxy) is 3. The van der Waals surface area contributed by atoms with Crippen LogP contribution in [0.25, 0.3) is 0 Å². The van der Waals surface area contributed by atoms with Crippen LogP contribution in [0, 0.1) is 20.8 Å². The first kappa shape index (κ1) is 52.9. The van der Waals surface area contributed by atoms with Crippen LogP contribution >= 0.6 is 28.6 Å². The Morgan fingerprint density at radius 1 is 0.615 bits per heavy atom. The summed E-state index contributed by atoms with van der Waals surface area (Å²) in [5, 5.41) is 45.6. The van der Waals surface area contributed by atoms with E-state index in [9.17, 15) is 59.3 Å². The van der Waals surface area contributed by atoms with Gasteiger partial charge < -0.3 is 93.4 Å². The van der Waals surface area contributed by atoms with Crippen molar-refractivity contribution in [2.45, 2.75) is 95.3 Å². The summed E-state index contributed by atoms with van der Waals surface area (Å²) < 4.78 is 52.7. The lowest BCUT2D eigenvalue weighted by Gasteiger charge is -2.43. The SMILES string of the molecule is Cc1cn([C@H]2C[C@H](O[P+]([O-])([O-])[S-])[C@@H](CO[P+](O)([S-])O[C@H]3C[C@H](n4cc(C)c([O-])nc4=O)O[C@@H]3CO[P+](O)([S-])O[P+](O)([S-])O[C@H]3C[C@H](n4cc(C)c([O-])nc4=O)O[C@@H]3CO)O2)c(=O)nc1[O-]. The molecule has 0 aliphatic carbocycles. The van der Waals surface area contributed by atoms with Crippen LogP contribution in [0.2, 0.25) is 0 Å². The quantitative estimate of drug-likeness (QED) is 0.0711. The molecule has 12 atom stereocenters. The molecule has 6 heterocycles. The Morgan fingerprint density at radius 2 is 0.954 bits per heavy atom. The largest absolute Gasteiger partial charge is 0.858 e. The van der Waals surface area contributed by atoms with Crippen molar-refractivity contribution >= 4 is 77.6 Å². The van der Waals surface area contributed by atoms with Crippen molar-refractivity contribution in [3.8, 4) is 17.6 Å². The van der Waals surface area contributed by atoms with Gasteiger partial charge in [0.1, 0.15) is 68.5 Å². The molecule has 362 valence electrons. The Labute approximate surface area is 390 Å². The van der Waals surface area contributed by atoms with Crippen molar-refractivity contribution in [2.75, 3.05) is 19.8 Å². The van der Waals surface area contributed by atoms with Gasteiger partial charge >= 0.3 is 31.4 Å². The van der Waals surface area contributed by atoms with Gasteiger partial charge in [0, 0.05) is 37.9 Å². The van der Waals surface area contributed by atoms with Gasteiger partial charge in [-0.3, -0.25) is 18.2 Å². The summed E-state index contributed by atoms with van der Waals surface area (Å²) in [6, 6.07) is 0. The summed E-state index contributed by atoms with van der Waals surface area (Å²) >= 11 is 19.8. The molecule has 4 N–H and O–H groups in total. The zero-order chi connectivity index (χ0) is 48.0. The number of hydrogen-bond acceptors (Lipinski definition) is 28. The number of hydrogen-bond donors (Lipinski definition) is 4. The number of aliphatic hydroxyl groups is 1. The normalized spacial score (nSPS) is 28.8. The Morgan fingerprint density at radius 3 is 1.34 bits per heavy atom. The number of aryl methyl sites for hydroxylation is 3. The molecule has 0 aromatic carbocycles. The highest BCUT2D eigenvalue weighted by Crippen LogP contribution is 2.73. The van der Waals surface area contributed by atoms with Crippen LogP contribution in [0.15, 0.2) is 33.0 Å². The molecule has 0 radical (unpaired) electrons. The number of aromatic nitrogens is 6. The molecular formula is C30H37N6O21P4S4-5. The maximum atomic E-state index is 12.8. The molecular weight excluding hydrogens is 1030 g/mol. The average molecular weight is 1070 g/mol. The summed E-state index contributed by atoms with van der Waals surface area (Å²) in [5.74, 6) is -2.37. The minimum atomic E-state index is -4.86. The van der Waals surface area contributed by atoms with E-state index in [1.54, 1.807) is 0 Å². The smallest absolute Gasteiger partial charge is 0.349 e. The maximum absolute atomic E-state index is 12.8. The Balaban J connectivity index is 1.14. The highest BCUT2D eigenvalue weighted by atomic mass is 32.7. The van der Waals surface area contributed by atoms with Crippen LogP contribution < -0.4 is 42.2 Å². The molecule has 0 spiro atoms. The van der Waals surface area contributed by atoms with Crippen LogP contribution in [-0.4, -0.2) is 105 Å². The molecule has 35 heteroatoms. The molecule has 27 nitrogen and oxygen atoms in total. The molecule has 3 aliphatic heterocycles. The predicted octanol–water partition coefficient (Wildman–Crippen LogP) is -3.44. The van der Waals surface area contributed by atoms with E-state index in [0.29, 0.717) is 0 Å². The van der Waals surface area contributed by atoms with E-state index in [-0.39, 0.29) is 36.0 Å².